The van der Waals surface area contributed by atoms with Gasteiger partial charge in [-0.1, -0.05) is 23.4 Å². The van der Waals surface area contributed by atoms with Gasteiger partial charge in [0, 0.05) is 23.2 Å². The molecule has 0 saturated carbocycles. The van der Waals surface area contributed by atoms with Crippen LogP contribution in [0.4, 0.5) is 14.5 Å². The number of hydrogen-bond donors (Lipinski definition) is 1. The van der Waals surface area contributed by atoms with Crippen molar-refractivity contribution >= 4 is 35.0 Å². The summed E-state index contributed by atoms with van der Waals surface area (Å²) in [5.74, 6) is -1.14. The van der Waals surface area contributed by atoms with Crippen molar-refractivity contribution in [3.05, 3.63) is 59.1 Å². The zero-order valence-electron chi connectivity index (χ0n) is 15.1. The number of halogens is 3. The third-order valence-corrected chi connectivity index (χ3v) is 5.31. The molecular weight excluding hydrogens is 406 g/mol. The highest BCUT2D eigenvalue weighted by molar-refractivity contribution is 8.00. The molecule has 0 spiro atoms. The van der Waals surface area contributed by atoms with Crippen molar-refractivity contribution in [2.24, 2.45) is 0 Å². The lowest BCUT2D eigenvalue weighted by Crippen LogP contribution is -2.23. The van der Waals surface area contributed by atoms with Gasteiger partial charge in [-0.3, -0.25) is 4.79 Å². The summed E-state index contributed by atoms with van der Waals surface area (Å²) in [4.78, 5) is 12.4. The van der Waals surface area contributed by atoms with Gasteiger partial charge in [0.05, 0.1) is 10.9 Å². The Morgan fingerprint density at radius 2 is 1.93 bits per heavy atom. The zero-order valence-corrected chi connectivity index (χ0v) is 16.7. The zero-order chi connectivity index (χ0) is 20.3. The number of rotatable bonds is 6. The van der Waals surface area contributed by atoms with E-state index < -0.39 is 22.8 Å². The van der Waals surface area contributed by atoms with Crippen LogP contribution in [0, 0.1) is 11.6 Å². The number of nitrogens with one attached hydrogen (secondary N) is 1. The second kappa shape index (κ2) is 8.70. The van der Waals surface area contributed by atoms with Gasteiger partial charge in [-0.15, -0.1) is 10.2 Å². The topological polar surface area (TPSA) is 59.8 Å². The highest BCUT2D eigenvalue weighted by Gasteiger charge is 2.21. The van der Waals surface area contributed by atoms with Gasteiger partial charge in [0.15, 0.2) is 11.0 Å². The van der Waals surface area contributed by atoms with Gasteiger partial charge in [0.1, 0.15) is 11.6 Å². The van der Waals surface area contributed by atoms with Crippen molar-refractivity contribution in [2.75, 3.05) is 5.32 Å². The minimum atomic E-state index is -0.700. The van der Waals surface area contributed by atoms with E-state index >= 15 is 0 Å². The maximum Gasteiger partial charge on any atom is 0.237 e. The van der Waals surface area contributed by atoms with Crippen molar-refractivity contribution in [3.63, 3.8) is 0 Å². The van der Waals surface area contributed by atoms with Gasteiger partial charge >= 0.3 is 0 Å². The number of anilines is 1. The second-order valence-electron chi connectivity index (χ2n) is 5.93. The average Bonchev–Trinajstić information content (AvgIpc) is 3.07. The largest absolute Gasteiger partial charge is 0.323 e. The number of nitrogens with zero attached hydrogens (tertiary/aromatic N) is 3. The molecule has 3 aromatic rings. The third kappa shape index (κ3) is 4.51. The van der Waals surface area contributed by atoms with Crippen LogP contribution in [0.1, 0.15) is 13.8 Å². The van der Waals surface area contributed by atoms with Crippen molar-refractivity contribution in [1.29, 1.82) is 0 Å². The first kappa shape index (κ1) is 20.3. The molecule has 5 nitrogen and oxygen atoms in total. The van der Waals surface area contributed by atoms with Gasteiger partial charge in [-0.25, -0.2) is 8.78 Å². The summed E-state index contributed by atoms with van der Waals surface area (Å²) in [7, 11) is 0. The van der Waals surface area contributed by atoms with Crippen LogP contribution < -0.4 is 5.32 Å². The fourth-order valence-electron chi connectivity index (χ4n) is 2.51. The summed E-state index contributed by atoms with van der Waals surface area (Å²) < 4.78 is 28.9. The van der Waals surface area contributed by atoms with Crippen LogP contribution in [-0.2, 0) is 11.3 Å². The number of benzene rings is 2. The molecule has 0 aliphatic carbocycles. The highest BCUT2D eigenvalue weighted by Crippen LogP contribution is 2.28. The molecule has 146 valence electrons. The van der Waals surface area contributed by atoms with Crippen LogP contribution in [0.25, 0.3) is 11.4 Å². The molecule has 0 bridgehead atoms. The molecule has 0 saturated heterocycles. The van der Waals surface area contributed by atoms with Gasteiger partial charge in [0.2, 0.25) is 5.91 Å². The SMILES string of the molecule is CCn1c(SC(C)C(=O)Nc2cc(F)ccc2F)nnc1-c1ccc(Cl)cc1. The maximum absolute atomic E-state index is 13.7. The number of aromatic nitrogens is 3. The van der Waals surface area contributed by atoms with Gasteiger partial charge in [-0.2, -0.15) is 0 Å². The lowest BCUT2D eigenvalue weighted by Gasteiger charge is -2.13. The van der Waals surface area contributed by atoms with E-state index in [-0.39, 0.29) is 5.69 Å². The molecule has 0 radical (unpaired) electrons. The number of carbonyl (C=O) groups excluding carboxylic acids is 1. The first-order valence-corrected chi connectivity index (χ1v) is 9.76. The number of thioether (sulfide) groups is 1. The van der Waals surface area contributed by atoms with Crippen LogP contribution in [0.5, 0.6) is 0 Å². The smallest absolute Gasteiger partial charge is 0.237 e. The van der Waals surface area contributed by atoms with Crippen LogP contribution in [0.3, 0.4) is 0 Å². The lowest BCUT2D eigenvalue weighted by molar-refractivity contribution is -0.115. The Kier molecular flexibility index (Phi) is 6.31. The Morgan fingerprint density at radius 1 is 1.21 bits per heavy atom. The van der Waals surface area contributed by atoms with E-state index in [0.717, 1.165) is 23.8 Å². The Balaban J connectivity index is 1.76. The molecule has 0 aliphatic rings. The molecule has 28 heavy (non-hydrogen) atoms. The number of carbonyl (C=O) groups is 1. The Morgan fingerprint density at radius 3 is 2.61 bits per heavy atom. The number of amides is 1. The predicted molar refractivity (Wildman–Crippen MR) is 106 cm³/mol. The van der Waals surface area contributed by atoms with Crippen LogP contribution in [0.15, 0.2) is 47.6 Å². The standard InChI is InChI=1S/C19H17ClF2N4OS/c1-3-26-17(12-4-6-13(20)7-5-12)24-25-19(26)28-11(2)18(27)23-16-10-14(21)8-9-15(16)22/h4-11H,3H2,1-2H3,(H,23,27). The Hall–Kier alpha value is -2.45. The third-order valence-electron chi connectivity index (χ3n) is 3.97. The fraction of sp³-hybridized carbons (Fsp3) is 0.211. The average molecular weight is 423 g/mol. The van der Waals surface area contributed by atoms with E-state index in [0.29, 0.717) is 22.5 Å². The first-order chi connectivity index (χ1) is 13.4. The fourth-order valence-corrected chi connectivity index (χ4v) is 3.55. The molecule has 0 aliphatic heterocycles. The molecule has 3 rings (SSSR count). The molecule has 1 amide bonds. The summed E-state index contributed by atoms with van der Waals surface area (Å²) in [6, 6.07) is 10.1. The Bertz CT molecular complexity index is 994. The van der Waals surface area contributed by atoms with Gasteiger partial charge in [-0.05, 0) is 50.2 Å². The second-order valence-corrected chi connectivity index (χ2v) is 7.68. The molecule has 0 fully saturated rings. The van der Waals surface area contributed by atoms with Crippen molar-refractivity contribution in [1.82, 2.24) is 14.8 Å². The maximum atomic E-state index is 13.7. The number of hydrogen-bond acceptors (Lipinski definition) is 4. The van der Waals surface area contributed by atoms with E-state index in [1.807, 2.05) is 23.6 Å². The van der Waals surface area contributed by atoms with Gasteiger partial charge < -0.3 is 9.88 Å². The molecule has 1 atom stereocenters. The monoisotopic (exact) mass is 422 g/mol. The van der Waals surface area contributed by atoms with Crippen LogP contribution >= 0.6 is 23.4 Å². The van der Waals surface area contributed by atoms with E-state index in [1.165, 1.54) is 11.8 Å². The Labute approximate surface area is 170 Å². The minimum Gasteiger partial charge on any atom is -0.323 e. The van der Waals surface area contributed by atoms with Crippen molar-refractivity contribution in [3.8, 4) is 11.4 Å². The van der Waals surface area contributed by atoms with E-state index in [1.54, 1.807) is 19.1 Å². The first-order valence-electron chi connectivity index (χ1n) is 8.50. The quantitative estimate of drug-likeness (QED) is 0.567. The van der Waals surface area contributed by atoms with Crippen LogP contribution in [-0.4, -0.2) is 25.9 Å². The molecule has 1 unspecified atom stereocenters. The summed E-state index contributed by atoms with van der Waals surface area (Å²) in [6.45, 7) is 4.20. The lowest BCUT2D eigenvalue weighted by atomic mass is 10.2. The molecular formula is C19H17ClF2N4OS. The summed E-state index contributed by atoms with van der Waals surface area (Å²) in [5.41, 5.74) is 0.654. The minimum absolute atomic E-state index is 0.198. The van der Waals surface area contributed by atoms with Gasteiger partial charge in [0.25, 0.3) is 0 Å². The van der Waals surface area contributed by atoms with E-state index in [2.05, 4.69) is 15.5 Å². The predicted octanol–water partition coefficient (Wildman–Crippen LogP) is 5.02. The molecule has 9 heteroatoms. The highest BCUT2D eigenvalue weighted by atomic mass is 35.5. The molecule has 2 aromatic carbocycles. The van der Waals surface area contributed by atoms with E-state index in [4.69, 9.17) is 11.6 Å². The summed E-state index contributed by atoms with van der Waals surface area (Å²) in [6.07, 6.45) is 0. The van der Waals surface area contributed by atoms with Crippen molar-refractivity contribution < 1.29 is 13.6 Å². The van der Waals surface area contributed by atoms with Crippen molar-refractivity contribution in [2.45, 2.75) is 30.8 Å². The molecule has 1 N–H and O–H groups in total. The van der Waals surface area contributed by atoms with Crippen LogP contribution in [0.2, 0.25) is 5.02 Å². The summed E-state index contributed by atoms with van der Waals surface area (Å²) >= 11 is 7.11. The normalized spacial score (nSPS) is 12.0. The molecule has 1 heterocycles. The van der Waals surface area contributed by atoms with E-state index in [9.17, 15) is 13.6 Å². The molecule has 1 aromatic heterocycles. The summed E-state index contributed by atoms with van der Waals surface area (Å²) in [5, 5.41) is 11.4.